The number of ether oxygens (including phenoxy) is 1. The van der Waals surface area contributed by atoms with Gasteiger partial charge in [-0.05, 0) is 61.6 Å². The third-order valence-electron chi connectivity index (χ3n) is 8.81. The molecule has 2 aromatic heterocycles. The summed E-state index contributed by atoms with van der Waals surface area (Å²) in [6.45, 7) is 3.43. The number of aromatic nitrogens is 1. The summed E-state index contributed by atoms with van der Waals surface area (Å²) in [4.78, 5) is 35.0. The van der Waals surface area contributed by atoms with Crippen LogP contribution in [0.4, 0.5) is 15.9 Å². The number of sulfonamides is 1. The van der Waals surface area contributed by atoms with Crippen LogP contribution in [0.15, 0.2) is 53.6 Å². The average molecular weight is 643 g/mol. The molecule has 2 aliphatic heterocycles. The number of halogens is 1. The zero-order chi connectivity index (χ0) is 31.0. The Morgan fingerprint density at radius 1 is 1.11 bits per heavy atom. The van der Waals surface area contributed by atoms with E-state index in [1.807, 2.05) is 6.92 Å². The maximum absolute atomic E-state index is 13.9. The number of rotatable bonds is 7. The van der Waals surface area contributed by atoms with Gasteiger partial charge in [-0.3, -0.25) is 4.79 Å². The summed E-state index contributed by atoms with van der Waals surface area (Å²) < 4.78 is 48.1. The van der Waals surface area contributed by atoms with Gasteiger partial charge >= 0.3 is 5.97 Å². The Bertz CT molecular complexity index is 1620. The van der Waals surface area contributed by atoms with Gasteiger partial charge in [-0.15, -0.1) is 11.3 Å². The van der Waals surface area contributed by atoms with Gasteiger partial charge in [0, 0.05) is 24.2 Å². The van der Waals surface area contributed by atoms with E-state index in [2.05, 4.69) is 9.88 Å². The summed E-state index contributed by atoms with van der Waals surface area (Å²) >= 11 is 1.02. The molecule has 4 heterocycles. The Balaban J connectivity index is 1.32. The smallest absolute Gasteiger partial charge is 0.348 e. The van der Waals surface area contributed by atoms with Crippen LogP contribution in [0.5, 0.6) is 0 Å². The molecule has 1 aromatic carbocycles. The molecule has 3 aromatic rings. The van der Waals surface area contributed by atoms with E-state index in [4.69, 9.17) is 4.74 Å². The molecule has 2 saturated heterocycles. The van der Waals surface area contributed by atoms with Gasteiger partial charge in [0.2, 0.25) is 15.9 Å². The minimum Gasteiger partial charge on any atom is -0.477 e. The van der Waals surface area contributed by atoms with Crippen molar-refractivity contribution >= 4 is 44.7 Å². The van der Waals surface area contributed by atoms with Crippen LogP contribution in [-0.2, 0) is 19.6 Å². The Hall–Kier alpha value is -3.39. The molecule has 13 heteroatoms. The summed E-state index contributed by atoms with van der Waals surface area (Å²) in [5.74, 6) is -1.40. The fourth-order valence-electron chi connectivity index (χ4n) is 6.52. The standard InChI is InChI=1S/C31H35FN4O6S2/c1-20-19-42-14-13-35(20)28-12-11-24(16-33-28)44(40,41)34-17-26(21-5-3-2-4-6-21)36(29(37)18-34)25-15-27(43-30(25)31(38)39)22-7-9-23(32)10-8-22/h7-12,15-16,20-21,26H,2-6,13-14,17-19H2,1H3,(H,38,39)/t20-,26+/m1/s1. The molecule has 44 heavy (non-hydrogen) atoms. The second kappa shape index (κ2) is 12.5. The number of hydrogen-bond donors (Lipinski definition) is 1. The first-order valence-corrected chi connectivity index (χ1v) is 17.1. The lowest BCUT2D eigenvalue weighted by Crippen LogP contribution is -2.60. The summed E-state index contributed by atoms with van der Waals surface area (Å²) in [7, 11) is -4.07. The fraction of sp³-hybridized carbons (Fsp3) is 0.452. The van der Waals surface area contributed by atoms with Gasteiger partial charge in [0.1, 0.15) is 21.4 Å². The van der Waals surface area contributed by atoms with Crippen molar-refractivity contribution in [2.24, 2.45) is 5.92 Å². The van der Waals surface area contributed by atoms with Crippen molar-refractivity contribution in [1.29, 1.82) is 0 Å². The fourth-order valence-corrected chi connectivity index (χ4v) is 8.87. The number of anilines is 2. The van der Waals surface area contributed by atoms with Gasteiger partial charge in [0.05, 0.1) is 37.5 Å². The minimum atomic E-state index is -4.07. The van der Waals surface area contributed by atoms with E-state index < -0.39 is 40.3 Å². The van der Waals surface area contributed by atoms with E-state index in [1.54, 1.807) is 24.3 Å². The summed E-state index contributed by atoms with van der Waals surface area (Å²) in [5.41, 5.74) is 0.889. The molecule has 0 radical (unpaired) electrons. The molecule has 2 atom stereocenters. The number of nitrogens with zero attached hydrogens (tertiary/aromatic N) is 4. The predicted molar refractivity (Wildman–Crippen MR) is 165 cm³/mol. The SMILES string of the molecule is C[C@@H]1COCCN1c1ccc(S(=O)(=O)N2CC(=O)N(c3cc(-c4ccc(F)cc4)sc3C(=O)O)[C@H](C3CCCCC3)C2)cn1. The maximum Gasteiger partial charge on any atom is 0.348 e. The van der Waals surface area contributed by atoms with E-state index in [0.29, 0.717) is 36.0 Å². The van der Waals surface area contributed by atoms with Crippen molar-refractivity contribution in [3.63, 3.8) is 0 Å². The molecule has 3 aliphatic rings. The van der Waals surface area contributed by atoms with E-state index in [1.165, 1.54) is 33.6 Å². The average Bonchev–Trinajstić information content (AvgIpc) is 3.47. The van der Waals surface area contributed by atoms with E-state index in [-0.39, 0.29) is 34.0 Å². The largest absolute Gasteiger partial charge is 0.477 e. The number of piperazine rings is 1. The van der Waals surface area contributed by atoms with Crippen LogP contribution in [0.25, 0.3) is 10.4 Å². The first-order valence-electron chi connectivity index (χ1n) is 14.9. The Kier molecular flexibility index (Phi) is 8.73. The predicted octanol–water partition coefficient (Wildman–Crippen LogP) is 4.86. The Labute approximate surface area is 260 Å². The van der Waals surface area contributed by atoms with E-state index >= 15 is 0 Å². The second-order valence-electron chi connectivity index (χ2n) is 11.6. The topological polar surface area (TPSA) is 120 Å². The first kappa shape index (κ1) is 30.6. The van der Waals surface area contributed by atoms with Crippen molar-refractivity contribution in [3.05, 3.63) is 59.4 Å². The van der Waals surface area contributed by atoms with Crippen molar-refractivity contribution in [1.82, 2.24) is 9.29 Å². The number of benzene rings is 1. The summed E-state index contributed by atoms with van der Waals surface area (Å²) in [6, 6.07) is 10.2. The molecule has 0 bridgehead atoms. The van der Waals surface area contributed by atoms with Crippen LogP contribution in [-0.4, -0.2) is 79.6 Å². The van der Waals surface area contributed by atoms with E-state index in [0.717, 1.165) is 43.4 Å². The van der Waals surface area contributed by atoms with Crippen LogP contribution in [0.1, 0.15) is 48.7 Å². The number of carboxylic acids is 1. The van der Waals surface area contributed by atoms with Gasteiger partial charge in [0.25, 0.3) is 0 Å². The van der Waals surface area contributed by atoms with Gasteiger partial charge in [-0.25, -0.2) is 22.6 Å². The summed E-state index contributed by atoms with van der Waals surface area (Å²) in [5, 5.41) is 10.1. The molecular weight excluding hydrogens is 607 g/mol. The molecule has 10 nitrogen and oxygen atoms in total. The Morgan fingerprint density at radius 2 is 1.86 bits per heavy atom. The van der Waals surface area contributed by atoms with Gasteiger partial charge in [-0.2, -0.15) is 4.31 Å². The first-order chi connectivity index (χ1) is 21.1. The van der Waals surface area contributed by atoms with Gasteiger partial charge in [-0.1, -0.05) is 31.4 Å². The molecule has 1 amide bonds. The quantitative estimate of drug-likeness (QED) is 0.388. The number of thiophene rings is 1. The summed E-state index contributed by atoms with van der Waals surface area (Å²) in [6.07, 6.45) is 5.94. The molecule has 0 unspecified atom stereocenters. The van der Waals surface area contributed by atoms with Crippen LogP contribution >= 0.6 is 11.3 Å². The number of carbonyl (C=O) groups is 2. The maximum atomic E-state index is 13.9. The Morgan fingerprint density at radius 3 is 2.52 bits per heavy atom. The molecule has 3 fully saturated rings. The highest BCUT2D eigenvalue weighted by Crippen LogP contribution is 2.42. The molecule has 1 N–H and O–H groups in total. The third-order valence-corrected chi connectivity index (χ3v) is 11.8. The number of aromatic carboxylic acids is 1. The highest BCUT2D eigenvalue weighted by molar-refractivity contribution is 7.89. The molecule has 1 aliphatic carbocycles. The van der Waals surface area contributed by atoms with Gasteiger partial charge in [0.15, 0.2) is 0 Å². The number of hydrogen-bond acceptors (Lipinski definition) is 8. The molecule has 1 saturated carbocycles. The van der Waals surface area contributed by atoms with Crippen molar-refractivity contribution in [2.45, 2.75) is 56.0 Å². The highest BCUT2D eigenvalue weighted by Gasteiger charge is 2.44. The monoisotopic (exact) mass is 642 g/mol. The zero-order valence-electron chi connectivity index (χ0n) is 24.4. The van der Waals surface area contributed by atoms with Crippen molar-refractivity contribution in [2.75, 3.05) is 42.6 Å². The molecule has 0 spiro atoms. The second-order valence-corrected chi connectivity index (χ2v) is 14.6. The zero-order valence-corrected chi connectivity index (χ0v) is 26.0. The number of morpholine rings is 1. The van der Waals surface area contributed by atoms with E-state index in [9.17, 15) is 27.5 Å². The molecule has 234 valence electrons. The lowest BCUT2D eigenvalue weighted by atomic mass is 9.82. The molecular formula is C31H35FN4O6S2. The van der Waals surface area contributed by atoms with Gasteiger partial charge < -0.3 is 19.6 Å². The number of amides is 1. The number of pyridine rings is 1. The van der Waals surface area contributed by atoms with Crippen LogP contribution in [0.2, 0.25) is 0 Å². The van der Waals surface area contributed by atoms with Crippen LogP contribution < -0.4 is 9.80 Å². The van der Waals surface area contributed by atoms with Crippen molar-refractivity contribution < 1.29 is 32.2 Å². The third kappa shape index (κ3) is 5.97. The number of carbonyl (C=O) groups excluding carboxylic acids is 1. The lowest BCUT2D eigenvalue weighted by Gasteiger charge is -2.44. The minimum absolute atomic E-state index is 0.00447. The van der Waals surface area contributed by atoms with Crippen LogP contribution in [0.3, 0.4) is 0 Å². The molecule has 6 rings (SSSR count). The number of carboxylic acid groups (broad SMARTS) is 1. The lowest BCUT2D eigenvalue weighted by molar-refractivity contribution is -0.121. The van der Waals surface area contributed by atoms with Crippen LogP contribution in [0, 0.1) is 11.7 Å². The normalized spacial score (nSPS) is 22.4. The van der Waals surface area contributed by atoms with Crippen molar-refractivity contribution in [3.8, 4) is 10.4 Å². The highest BCUT2D eigenvalue weighted by atomic mass is 32.2.